The summed E-state index contributed by atoms with van der Waals surface area (Å²) in [5, 5.41) is 7.00. The third-order valence-electron chi connectivity index (χ3n) is 4.38. The molecular formula is C22H12Cl2N4O2S. The number of ether oxygens (including phenoxy) is 1. The molecule has 3 heterocycles. The van der Waals surface area contributed by atoms with Crippen LogP contribution in [0.3, 0.4) is 0 Å². The molecule has 0 unspecified atom stereocenters. The molecule has 5 aromatic rings. The van der Waals surface area contributed by atoms with Gasteiger partial charge in [0.25, 0.3) is 5.89 Å². The molecular weight excluding hydrogens is 455 g/mol. The highest BCUT2D eigenvalue weighted by Crippen LogP contribution is 2.35. The Morgan fingerprint density at radius 3 is 2.68 bits per heavy atom. The summed E-state index contributed by atoms with van der Waals surface area (Å²) in [7, 11) is 0. The van der Waals surface area contributed by atoms with Crippen molar-refractivity contribution in [3.05, 3.63) is 81.7 Å². The van der Waals surface area contributed by atoms with E-state index < -0.39 is 0 Å². The zero-order chi connectivity index (χ0) is 21.2. The topological polar surface area (TPSA) is 73.9 Å². The first-order valence-corrected chi connectivity index (χ1v) is 10.8. The van der Waals surface area contributed by atoms with Crippen LogP contribution in [0.15, 0.2) is 76.2 Å². The highest BCUT2D eigenvalue weighted by atomic mass is 35.5. The zero-order valence-electron chi connectivity index (χ0n) is 15.7. The number of hydrogen-bond donors (Lipinski definition) is 0. The molecule has 0 spiro atoms. The van der Waals surface area contributed by atoms with Gasteiger partial charge < -0.3 is 9.26 Å². The third-order valence-corrected chi connectivity index (χ3v) is 5.49. The van der Waals surface area contributed by atoms with E-state index in [-0.39, 0.29) is 11.8 Å². The Kier molecular flexibility index (Phi) is 5.38. The van der Waals surface area contributed by atoms with Gasteiger partial charge in [0.2, 0.25) is 11.7 Å². The van der Waals surface area contributed by atoms with Crippen molar-refractivity contribution in [3.63, 3.8) is 0 Å². The van der Waals surface area contributed by atoms with Crippen LogP contribution >= 0.6 is 34.5 Å². The fraction of sp³-hybridized carbons (Fsp3) is 0. The van der Waals surface area contributed by atoms with Crippen LogP contribution in [0.2, 0.25) is 10.0 Å². The molecule has 2 aromatic carbocycles. The molecule has 0 atom stereocenters. The highest BCUT2D eigenvalue weighted by molar-refractivity contribution is 7.07. The van der Waals surface area contributed by atoms with E-state index in [4.69, 9.17) is 32.5 Å². The fourth-order valence-electron chi connectivity index (χ4n) is 2.92. The van der Waals surface area contributed by atoms with E-state index in [1.165, 1.54) is 0 Å². The van der Waals surface area contributed by atoms with Crippen LogP contribution in [0.25, 0.3) is 34.1 Å². The minimum atomic E-state index is 0.280. The van der Waals surface area contributed by atoms with Gasteiger partial charge in [-0.2, -0.15) is 4.98 Å². The van der Waals surface area contributed by atoms with Gasteiger partial charge in [-0.1, -0.05) is 46.6 Å². The van der Waals surface area contributed by atoms with Gasteiger partial charge in [-0.25, -0.2) is 9.97 Å². The molecule has 0 saturated carbocycles. The Morgan fingerprint density at radius 2 is 1.84 bits per heavy atom. The molecule has 0 aliphatic carbocycles. The highest BCUT2D eigenvalue weighted by Gasteiger charge is 2.18. The number of aromatic nitrogens is 4. The summed E-state index contributed by atoms with van der Waals surface area (Å²) in [5.74, 6) is 1.44. The standard InChI is InChI=1S/C22H12Cl2N4O2S/c23-15-6-7-19(17(24)10-15)29-21-16(5-2-8-25-21)22-27-20(28-30-22)14-4-1-3-13(9-14)18-11-31-12-26-18/h1-12H. The maximum atomic E-state index is 6.23. The van der Waals surface area contributed by atoms with Crippen LogP contribution in [0.4, 0.5) is 0 Å². The van der Waals surface area contributed by atoms with Gasteiger partial charge in [-0.15, -0.1) is 11.3 Å². The van der Waals surface area contributed by atoms with E-state index in [0.717, 1.165) is 16.8 Å². The first-order valence-electron chi connectivity index (χ1n) is 9.08. The van der Waals surface area contributed by atoms with Crippen LogP contribution in [0.1, 0.15) is 0 Å². The maximum Gasteiger partial charge on any atom is 0.263 e. The number of halogens is 2. The van der Waals surface area contributed by atoms with Gasteiger partial charge in [-0.3, -0.25) is 0 Å². The smallest absolute Gasteiger partial charge is 0.263 e. The summed E-state index contributed by atoms with van der Waals surface area (Å²) < 4.78 is 11.4. The Morgan fingerprint density at radius 1 is 0.935 bits per heavy atom. The normalized spacial score (nSPS) is 10.9. The van der Waals surface area contributed by atoms with Crippen molar-refractivity contribution in [2.24, 2.45) is 0 Å². The molecule has 9 heteroatoms. The van der Waals surface area contributed by atoms with Crippen LogP contribution < -0.4 is 4.74 Å². The lowest BCUT2D eigenvalue weighted by Gasteiger charge is -2.09. The first-order chi connectivity index (χ1) is 15.2. The van der Waals surface area contributed by atoms with Crippen LogP contribution in [-0.2, 0) is 0 Å². The molecule has 6 nitrogen and oxygen atoms in total. The van der Waals surface area contributed by atoms with Gasteiger partial charge in [0.15, 0.2) is 0 Å². The molecule has 5 rings (SSSR count). The van der Waals surface area contributed by atoms with Gasteiger partial charge in [0.05, 0.1) is 16.2 Å². The molecule has 0 aliphatic heterocycles. The predicted octanol–water partition coefficient (Wildman–Crippen LogP) is 7.02. The minimum Gasteiger partial charge on any atom is -0.437 e. The number of thiazole rings is 1. The minimum absolute atomic E-state index is 0.280. The molecule has 152 valence electrons. The second-order valence-electron chi connectivity index (χ2n) is 6.41. The van der Waals surface area contributed by atoms with Crippen molar-refractivity contribution in [1.29, 1.82) is 0 Å². The van der Waals surface area contributed by atoms with E-state index >= 15 is 0 Å². The summed E-state index contributed by atoms with van der Waals surface area (Å²) in [6, 6.07) is 16.3. The van der Waals surface area contributed by atoms with Gasteiger partial charge in [0.1, 0.15) is 11.3 Å². The molecule has 0 aliphatic rings. The maximum absolute atomic E-state index is 6.23. The third kappa shape index (κ3) is 4.16. The molecule has 0 bridgehead atoms. The number of pyridine rings is 1. The molecule has 31 heavy (non-hydrogen) atoms. The Bertz CT molecular complexity index is 1360. The molecule has 0 radical (unpaired) electrons. The van der Waals surface area contributed by atoms with Gasteiger partial charge in [0, 0.05) is 27.7 Å². The lowest BCUT2D eigenvalue weighted by Crippen LogP contribution is -1.92. The number of nitrogens with zero attached hydrogens (tertiary/aromatic N) is 4. The summed E-state index contributed by atoms with van der Waals surface area (Å²) in [5.41, 5.74) is 5.03. The van der Waals surface area contributed by atoms with E-state index in [1.807, 2.05) is 29.6 Å². The molecule has 3 aromatic heterocycles. The summed E-state index contributed by atoms with van der Waals surface area (Å²) in [4.78, 5) is 13.2. The molecule has 0 saturated heterocycles. The first kappa shape index (κ1) is 19.7. The summed E-state index contributed by atoms with van der Waals surface area (Å²) in [6.45, 7) is 0. The largest absolute Gasteiger partial charge is 0.437 e. The van der Waals surface area contributed by atoms with Gasteiger partial charge >= 0.3 is 0 Å². The predicted molar refractivity (Wildman–Crippen MR) is 121 cm³/mol. The molecule has 0 amide bonds. The van der Waals surface area contributed by atoms with E-state index in [1.54, 1.807) is 53.4 Å². The summed E-state index contributed by atoms with van der Waals surface area (Å²) >= 11 is 13.7. The quantitative estimate of drug-likeness (QED) is 0.277. The second kappa shape index (κ2) is 8.47. The van der Waals surface area contributed by atoms with Crippen molar-refractivity contribution in [2.45, 2.75) is 0 Å². The Balaban J connectivity index is 1.48. The van der Waals surface area contributed by atoms with Crippen molar-refractivity contribution in [3.8, 4) is 45.7 Å². The number of rotatable bonds is 5. The van der Waals surface area contributed by atoms with E-state index in [9.17, 15) is 0 Å². The lowest BCUT2D eigenvalue weighted by molar-refractivity contribution is 0.424. The molecule has 0 N–H and O–H groups in total. The van der Waals surface area contributed by atoms with E-state index in [0.29, 0.717) is 27.2 Å². The van der Waals surface area contributed by atoms with Crippen molar-refractivity contribution < 1.29 is 9.26 Å². The second-order valence-corrected chi connectivity index (χ2v) is 7.97. The monoisotopic (exact) mass is 466 g/mol. The van der Waals surface area contributed by atoms with Crippen molar-refractivity contribution in [1.82, 2.24) is 20.1 Å². The van der Waals surface area contributed by atoms with Crippen molar-refractivity contribution >= 4 is 34.5 Å². The Labute approximate surface area is 191 Å². The Hall–Kier alpha value is -3.26. The fourth-order valence-corrected chi connectivity index (χ4v) is 3.93. The zero-order valence-corrected chi connectivity index (χ0v) is 18.0. The van der Waals surface area contributed by atoms with Gasteiger partial charge in [-0.05, 0) is 36.4 Å². The van der Waals surface area contributed by atoms with Crippen LogP contribution in [0.5, 0.6) is 11.6 Å². The number of hydrogen-bond acceptors (Lipinski definition) is 7. The average Bonchev–Trinajstić information content (AvgIpc) is 3.49. The number of benzene rings is 2. The van der Waals surface area contributed by atoms with Crippen LogP contribution in [-0.4, -0.2) is 20.1 Å². The molecule has 0 fully saturated rings. The SMILES string of the molecule is Clc1ccc(Oc2ncccc2-c2nc(-c3cccc(-c4cscn4)c3)no2)c(Cl)c1. The average molecular weight is 467 g/mol. The van der Waals surface area contributed by atoms with Crippen LogP contribution in [0, 0.1) is 0 Å². The van der Waals surface area contributed by atoms with E-state index in [2.05, 4.69) is 20.1 Å². The van der Waals surface area contributed by atoms with Crippen molar-refractivity contribution in [2.75, 3.05) is 0 Å². The lowest BCUT2D eigenvalue weighted by atomic mass is 10.1. The summed E-state index contributed by atoms with van der Waals surface area (Å²) in [6.07, 6.45) is 1.61.